The van der Waals surface area contributed by atoms with Crippen LogP contribution in [0.4, 0.5) is 0 Å². The van der Waals surface area contributed by atoms with E-state index in [1.54, 1.807) is 0 Å². The Morgan fingerprint density at radius 3 is 1.40 bits per heavy atom. The zero-order chi connectivity index (χ0) is 32.3. The number of fused-ring (bicyclic) bond motifs is 6. The van der Waals surface area contributed by atoms with E-state index in [-0.39, 0.29) is 0 Å². The molecule has 0 unspecified atom stereocenters. The number of aryl methyl sites for hydroxylation is 2. The summed E-state index contributed by atoms with van der Waals surface area (Å²) < 4.78 is 5.05. The highest BCUT2D eigenvalue weighted by atomic mass is 15.0. The largest absolute Gasteiger partial charge is 0.339 e. The van der Waals surface area contributed by atoms with Crippen LogP contribution in [0.3, 0.4) is 0 Å². The average molecular weight is 631 g/mol. The van der Waals surface area contributed by atoms with Gasteiger partial charge in [0.25, 0.3) is 0 Å². The van der Waals surface area contributed by atoms with Gasteiger partial charge in [-0.25, -0.2) is 0 Å². The predicted octanol–water partition coefficient (Wildman–Crippen LogP) is 9.90. The number of rotatable bonds is 20. The van der Waals surface area contributed by atoms with Gasteiger partial charge in [-0.3, -0.25) is 9.97 Å². The summed E-state index contributed by atoms with van der Waals surface area (Å²) in [5, 5.41) is 12.8. The summed E-state index contributed by atoms with van der Waals surface area (Å²) in [6.07, 6.45) is 17.6. The van der Waals surface area contributed by atoms with E-state index in [1.165, 1.54) is 113 Å². The van der Waals surface area contributed by atoms with Crippen LogP contribution in [0.15, 0.2) is 73.1 Å². The van der Waals surface area contributed by atoms with E-state index in [9.17, 15) is 0 Å². The lowest BCUT2D eigenvalue weighted by molar-refractivity contribution is 0.565. The van der Waals surface area contributed by atoms with Crippen LogP contribution in [0.25, 0.3) is 43.6 Å². The van der Waals surface area contributed by atoms with Crippen molar-refractivity contribution in [2.45, 2.75) is 111 Å². The minimum Gasteiger partial charge on any atom is -0.339 e. The number of benzene rings is 2. The standard InChI is InChI=1S/C41H54N6/c1-3-5-7-16-28-46-38-20-12-10-18-32(38)34-22-26-44-36(40(34)46)30-42-24-14-9-15-25-43-31-37-41-35(23-27-45-37)33-19-11-13-21-39(33)47(41)29-17-8-6-4-2/h10-13,18-23,26-27,42-43H,3-9,14-17,24-25,28-31H2,1-2H3. The van der Waals surface area contributed by atoms with Crippen LogP contribution in [0, 0.1) is 0 Å². The van der Waals surface area contributed by atoms with Crippen molar-refractivity contribution in [3.05, 3.63) is 84.4 Å². The smallest absolute Gasteiger partial charge is 0.0784 e. The van der Waals surface area contributed by atoms with Gasteiger partial charge in [0.15, 0.2) is 0 Å². The third kappa shape index (κ3) is 7.71. The fraction of sp³-hybridized carbons (Fsp3) is 0.463. The molecule has 0 amide bonds. The molecule has 0 aliphatic rings. The van der Waals surface area contributed by atoms with Crippen molar-refractivity contribution in [1.29, 1.82) is 0 Å². The molecule has 0 bridgehead atoms. The summed E-state index contributed by atoms with van der Waals surface area (Å²) in [5.41, 5.74) is 7.62. The highest BCUT2D eigenvalue weighted by Gasteiger charge is 2.16. The number of aromatic nitrogens is 4. The van der Waals surface area contributed by atoms with Crippen LogP contribution in [-0.4, -0.2) is 32.2 Å². The lowest BCUT2D eigenvalue weighted by atomic mass is 10.1. The maximum absolute atomic E-state index is 4.86. The molecule has 0 saturated carbocycles. The second-order valence-electron chi connectivity index (χ2n) is 13.2. The van der Waals surface area contributed by atoms with E-state index < -0.39 is 0 Å². The average Bonchev–Trinajstić information content (AvgIpc) is 3.61. The SMILES string of the molecule is CCCCCCn1c2ccccc2c2ccnc(CNCCCCCNCc3nccc4c5ccccc5n(CCCCCC)c34)c21. The van der Waals surface area contributed by atoms with Crippen molar-refractivity contribution < 1.29 is 0 Å². The zero-order valence-corrected chi connectivity index (χ0v) is 28.7. The van der Waals surface area contributed by atoms with Crippen molar-refractivity contribution in [3.63, 3.8) is 0 Å². The first kappa shape index (κ1) is 33.2. The van der Waals surface area contributed by atoms with E-state index in [4.69, 9.17) is 9.97 Å². The molecule has 248 valence electrons. The van der Waals surface area contributed by atoms with Gasteiger partial charge in [-0.2, -0.15) is 0 Å². The van der Waals surface area contributed by atoms with Gasteiger partial charge in [0.1, 0.15) is 0 Å². The fourth-order valence-electron chi connectivity index (χ4n) is 7.35. The number of nitrogens with one attached hydrogen (secondary N) is 2. The van der Waals surface area contributed by atoms with Crippen molar-refractivity contribution in [3.8, 4) is 0 Å². The Bertz CT molecular complexity index is 1730. The molecule has 0 aliphatic carbocycles. The van der Waals surface area contributed by atoms with Gasteiger partial charge in [-0.1, -0.05) is 95.2 Å². The molecular formula is C41H54N6. The van der Waals surface area contributed by atoms with Crippen LogP contribution in [0.5, 0.6) is 0 Å². The molecule has 2 N–H and O–H groups in total. The molecule has 0 fully saturated rings. The summed E-state index contributed by atoms with van der Waals surface area (Å²) in [4.78, 5) is 9.72. The Morgan fingerprint density at radius 2 is 0.936 bits per heavy atom. The Morgan fingerprint density at radius 1 is 0.489 bits per heavy atom. The van der Waals surface area contributed by atoms with Crippen molar-refractivity contribution in [2.24, 2.45) is 0 Å². The number of hydrogen-bond donors (Lipinski definition) is 2. The maximum atomic E-state index is 4.86. The summed E-state index contributed by atoms with van der Waals surface area (Å²) >= 11 is 0. The van der Waals surface area contributed by atoms with Crippen LogP contribution in [0.1, 0.15) is 95.9 Å². The summed E-state index contributed by atoms with van der Waals surface area (Å²) in [6.45, 7) is 10.3. The first-order chi connectivity index (χ1) is 23.3. The number of pyridine rings is 2. The van der Waals surface area contributed by atoms with Gasteiger partial charge in [0.2, 0.25) is 0 Å². The first-order valence-electron chi connectivity index (χ1n) is 18.4. The van der Waals surface area contributed by atoms with Crippen LogP contribution in [0.2, 0.25) is 0 Å². The molecule has 6 rings (SSSR count). The molecule has 0 aliphatic heterocycles. The van der Waals surface area contributed by atoms with Crippen LogP contribution in [-0.2, 0) is 26.2 Å². The van der Waals surface area contributed by atoms with E-state index in [0.717, 1.165) is 52.1 Å². The summed E-state index contributed by atoms with van der Waals surface area (Å²) in [5.74, 6) is 0. The Balaban J connectivity index is 0.997. The van der Waals surface area contributed by atoms with Crippen molar-refractivity contribution in [1.82, 2.24) is 29.7 Å². The minimum atomic E-state index is 0.809. The fourth-order valence-corrected chi connectivity index (χ4v) is 7.35. The van der Waals surface area contributed by atoms with Gasteiger partial charge >= 0.3 is 0 Å². The lowest BCUT2D eigenvalue weighted by Gasteiger charge is -2.12. The molecule has 0 spiro atoms. The first-order valence-corrected chi connectivity index (χ1v) is 18.4. The third-order valence-electron chi connectivity index (χ3n) is 9.77. The van der Waals surface area contributed by atoms with Gasteiger partial charge in [-0.15, -0.1) is 0 Å². The van der Waals surface area contributed by atoms with E-state index in [2.05, 4.69) is 94.3 Å². The molecule has 0 saturated heterocycles. The van der Waals surface area contributed by atoms with Crippen molar-refractivity contribution >= 4 is 43.6 Å². The van der Waals surface area contributed by atoms with E-state index >= 15 is 0 Å². The highest BCUT2D eigenvalue weighted by molar-refractivity contribution is 6.09. The van der Waals surface area contributed by atoms with E-state index in [0.29, 0.717) is 0 Å². The summed E-state index contributed by atoms with van der Waals surface area (Å²) in [7, 11) is 0. The lowest BCUT2D eigenvalue weighted by Crippen LogP contribution is -2.18. The molecule has 6 nitrogen and oxygen atoms in total. The topological polar surface area (TPSA) is 59.7 Å². The van der Waals surface area contributed by atoms with Crippen molar-refractivity contribution in [2.75, 3.05) is 13.1 Å². The number of hydrogen-bond acceptors (Lipinski definition) is 4. The molecule has 4 aromatic heterocycles. The third-order valence-corrected chi connectivity index (χ3v) is 9.77. The molecule has 6 aromatic rings. The van der Waals surface area contributed by atoms with Gasteiger partial charge in [0, 0.05) is 71.2 Å². The van der Waals surface area contributed by atoms with Crippen LogP contribution < -0.4 is 10.6 Å². The number of nitrogens with zero attached hydrogens (tertiary/aromatic N) is 4. The predicted molar refractivity (Wildman–Crippen MR) is 200 cm³/mol. The zero-order valence-electron chi connectivity index (χ0n) is 28.7. The Labute approximate surface area is 281 Å². The molecular weight excluding hydrogens is 576 g/mol. The quantitative estimate of drug-likeness (QED) is 0.0825. The van der Waals surface area contributed by atoms with Crippen LogP contribution >= 0.6 is 0 Å². The molecule has 0 atom stereocenters. The number of para-hydroxylation sites is 2. The van der Waals surface area contributed by atoms with Gasteiger partial charge in [-0.05, 0) is 63.0 Å². The highest BCUT2D eigenvalue weighted by Crippen LogP contribution is 2.32. The minimum absolute atomic E-state index is 0.809. The molecule has 6 heteroatoms. The Kier molecular flexibility index (Phi) is 11.9. The van der Waals surface area contributed by atoms with Gasteiger partial charge < -0.3 is 19.8 Å². The maximum Gasteiger partial charge on any atom is 0.0784 e. The van der Waals surface area contributed by atoms with Gasteiger partial charge in [0.05, 0.1) is 22.4 Å². The number of unbranched alkanes of at least 4 members (excludes halogenated alkanes) is 8. The summed E-state index contributed by atoms with van der Waals surface area (Å²) in [6, 6.07) is 22.1. The van der Waals surface area contributed by atoms with E-state index in [1.807, 2.05) is 12.4 Å². The second kappa shape index (κ2) is 16.9. The second-order valence-corrected chi connectivity index (χ2v) is 13.2. The Hall–Kier alpha value is -3.74. The molecule has 4 heterocycles. The molecule has 47 heavy (non-hydrogen) atoms. The normalized spacial score (nSPS) is 12.0. The monoisotopic (exact) mass is 630 g/mol. The molecule has 0 radical (unpaired) electrons. The molecule has 2 aromatic carbocycles.